The minimum atomic E-state index is 0.0746. The first-order chi connectivity index (χ1) is 14.1. The fourth-order valence-corrected chi connectivity index (χ4v) is 4.85. The monoisotopic (exact) mass is 432 g/mol. The number of anilines is 1. The van der Waals surface area contributed by atoms with Gasteiger partial charge < -0.3 is 4.90 Å². The highest BCUT2D eigenvalue weighted by atomic mass is 35.5. The van der Waals surface area contributed by atoms with Crippen molar-refractivity contribution in [2.75, 3.05) is 17.8 Å². The van der Waals surface area contributed by atoms with Gasteiger partial charge in [-0.15, -0.1) is 23.2 Å². The first-order valence-corrected chi connectivity index (χ1v) is 11.4. The van der Waals surface area contributed by atoms with Crippen LogP contribution in [0.25, 0.3) is 0 Å². The summed E-state index contributed by atoms with van der Waals surface area (Å²) in [4.78, 5) is 17.5. The molecule has 156 valence electrons. The van der Waals surface area contributed by atoms with E-state index in [4.69, 9.17) is 23.2 Å². The fourth-order valence-electron chi connectivity index (χ4n) is 4.35. The Balaban J connectivity index is 1.92. The Morgan fingerprint density at radius 3 is 2.31 bits per heavy atom. The summed E-state index contributed by atoms with van der Waals surface area (Å²) in [5, 5.41) is 0.129. The predicted octanol–water partition coefficient (Wildman–Crippen LogP) is 5.70. The van der Waals surface area contributed by atoms with Crippen molar-refractivity contribution in [3.05, 3.63) is 66.2 Å². The number of alkyl halides is 2. The predicted molar refractivity (Wildman–Crippen MR) is 123 cm³/mol. The van der Waals surface area contributed by atoms with E-state index in [1.165, 1.54) is 5.56 Å². The molecule has 3 rings (SSSR count). The number of hydrogen-bond donors (Lipinski definition) is 0. The van der Waals surface area contributed by atoms with Gasteiger partial charge in [-0.3, -0.25) is 9.69 Å². The molecule has 29 heavy (non-hydrogen) atoms. The van der Waals surface area contributed by atoms with Crippen molar-refractivity contribution in [1.29, 1.82) is 0 Å². The quantitative estimate of drug-likeness (QED) is 0.413. The van der Waals surface area contributed by atoms with Gasteiger partial charge in [0.1, 0.15) is 0 Å². The van der Waals surface area contributed by atoms with Gasteiger partial charge >= 0.3 is 0 Å². The van der Waals surface area contributed by atoms with E-state index in [9.17, 15) is 4.79 Å². The molecule has 2 aromatic rings. The van der Waals surface area contributed by atoms with Crippen molar-refractivity contribution in [3.63, 3.8) is 0 Å². The van der Waals surface area contributed by atoms with Crippen LogP contribution in [-0.4, -0.2) is 41.2 Å². The van der Waals surface area contributed by atoms with Gasteiger partial charge in [0.2, 0.25) is 5.91 Å². The summed E-state index contributed by atoms with van der Waals surface area (Å²) < 4.78 is 0. The van der Waals surface area contributed by atoms with Crippen LogP contribution in [0.5, 0.6) is 0 Å². The van der Waals surface area contributed by atoms with Crippen LogP contribution >= 0.6 is 23.2 Å². The maximum atomic E-state index is 13.2. The van der Waals surface area contributed by atoms with E-state index in [2.05, 4.69) is 36.2 Å². The Kier molecular flexibility index (Phi) is 8.40. The highest BCUT2D eigenvalue weighted by Crippen LogP contribution is 2.32. The van der Waals surface area contributed by atoms with Crippen LogP contribution in [0.15, 0.2) is 60.7 Å². The van der Waals surface area contributed by atoms with E-state index in [0.29, 0.717) is 12.3 Å². The largest absolute Gasteiger partial charge is 0.308 e. The molecule has 5 heteroatoms. The van der Waals surface area contributed by atoms with Crippen LogP contribution in [0, 0.1) is 0 Å². The third-order valence-electron chi connectivity index (χ3n) is 5.74. The number of likely N-dealkylation sites (N-methyl/N-ethyl adjacent to an activating group) is 1. The summed E-state index contributed by atoms with van der Waals surface area (Å²) in [5.41, 5.74) is 2.21. The summed E-state index contributed by atoms with van der Waals surface area (Å²) in [7, 11) is 2.15. The van der Waals surface area contributed by atoms with Crippen LogP contribution < -0.4 is 4.90 Å². The third kappa shape index (κ3) is 5.97. The maximum absolute atomic E-state index is 13.2. The first-order valence-electron chi connectivity index (χ1n) is 10.4. The van der Waals surface area contributed by atoms with Crippen molar-refractivity contribution >= 4 is 34.8 Å². The van der Waals surface area contributed by atoms with Crippen molar-refractivity contribution in [1.82, 2.24) is 4.90 Å². The zero-order valence-corrected chi connectivity index (χ0v) is 18.5. The smallest absolute Gasteiger partial charge is 0.228 e. The molecule has 3 atom stereocenters. The molecule has 3 nitrogen and oxygen atoms in total. The van der Waals surface area contributed by atoms with Crippen molar-refractivity contribution in [2.45, 2.75) is 56.1 Å². The Hall–Kier alpha value is -1.55. The fraction of sp³-hybridized carbons (Fsp3) is 0.458. The van der Waals surface area contributed by atoms with E-state index in [1.54, 1.807) is 0 Å². The van der Waals surface area contributed by atoms with E-state index >= 15 is 0 Å². The van der Waals surface area contributed by atoms with E-state index in [1.807, 2.05) is 41.3 Å². The lowest BCUT2D eigenvalue weighted by molar-refractivity contribution is -0.119. The van der Waals surface area contributed by atoms with Gasteiger partial charge in [0.15, 0.2) is 0 Å². The van der Waals surface area contributed by atoms with Gasteiger partial charge in [-0.2, -0.15) is 0 Å². The normalized spacial score (nSPS) is 22.3. The molecule has 0 saturated heterocycles. The number of rotatable bonds is 7. The van der Waals surface area contributed by atoms with Crippen LogP contribution in [0.1, 0.15) is 37.7 Å². The second-order valence-electron chi connectivity index (χ2n) is 7.84. The zero-order valence-electron chi connectivity index (χ0n) is 17.0. The third-order valence-corrected chi connectivity index (χ3v) is 6.33. The molecule has 2 aromatic carbocycles. The van der Waals surface area contributed by atoms with Gasteiger partial charge in [-0.25, -0.2) is 0 Å². The lowest BCUT2D eigenvalue weighted by Gasteiger charge is -2.41. The molecule has 0 heterocycles. The highest BCUT2D eigenvalue weighted by molar-refractivity contribution is 6.20. The SMILES string of the molecule is CN(Cc1ccccc1)C1CC(Cl)CCCC1N(C(=O)CCCl)c1ccccc1. The van der Waals surface area contributed by atoms with Crippen LogP contribution in [0.3, 0.4) is 0 Å². The Morgan fingerprint density at radius 2 is 1.66 bits per heavy atom. The molecule has 3 unspecified atom stereocenters. The maximum Gasteiger partial charge on any atom is 0.228 e. The zero-order chi connectivity index (χ0) is 20.6. The molecule has 0 radical (unpaired) electrons. The molecule has 0 aromatic heterocycles. The number of nitrogens with zero attached hydrogens (tertiary/aromatic N) is 2. The number of amides is 1. The molecular weight excluding hydrogens is 403 g/mol. The number of hydrogen-bond acceptors (Lipinski definition) is 2. The minimum absolute atomic E-state index is 0.0746. The standard InChI is InChI=1S/C24H30Cl2N2O/c1-27(18-19-9-4-2-5-10-19)23-17-20(26)11-8-14-22(23)28(24(29)15-16-25)21-12-6-3-7-13-21/h2-7,9-10,12-13,20,22-23H,8,11,14-18H2,1H3. The number of halogens is 2. The average Bonchev–Trinajstić information content (AvgIpc) is 2.92. The van der Waals surface area contributed by atoms with Crippen molar-refractivity contribution < 1.29 is 4.79 Å². The van der Waals surface area contributed by atoms with Gasteiger partial charge in [0.25, 0.3) is 0 Å². The number of carbonyl (C=O) groups is 1. The lowest BCUT2D eigenvalue weighted by Crippen LogP contribution is -2.53. The van der Waals surface area contributed by atoms with Crippen LogP contribution in [0.4, 0.5) is 5.69 Å². The van der Waals surface area contributed by atoms with Crippen molar-refractivity contribution in [2.24, 2.45) is 0 Å². The molecule has 1 aliphatic carbocycles. The Morgan fingerprint density at radius 1 is 1.00 bits per heavy atom. The lowest BCUT2D eigenvalue weighted by atomic mass is 9.97. The number of para-hydroxylation sites is 1. The second kappa shape index (κ2) is 11.0. The molecular formula is C24H30Cl2N2O. The summed E-state index contributed by atoms with van der Waals surface area (Å²) in [6.07, 6.45) is 4.15. The first kappa shape index (κ1) is 22.1. The Labute approximate surface area is 184 Å². The molecule has 1 fully saturated rings. The van der Waals surface area contributed by atoms with Gasteiger partial charge in [0.05, 0.1) is 6.04 Å². The second-order valence-corrected chi connectivity index (χ2v) is 8.83. The van der Waals surface area contributed by atoms with Gasteiger partial charge in [-0.05, 0) is 50.4 Å². The highest BCUT2D eigenvalue weighted by Gasteiger charge is 2.36. The molecule has 1 saturated carbocycles. The molecule has 0 N–H and O–H groups in total. The topological polar surface area (TPSA) is 23.6 Å². The summed E-state index contributed by atoms with van der Waals surface area (Å²) in [5.74, 6) is 0.416. The van der Waals surface area contributed by atoms with E-state index in [-0.39, 0.29) is 23.4 Å². The van der Waals surface area contributed by atoms with E-state index < -0.39 is 0 Å². The van der Waals surface area contributed by atoms with Crippen molar-refractivity contribution in [3.8, 4) is 0 Å². The minimum Gasteiger partial charge on any atom is -0.308 e. The van der Waals surface area contributed by atoms with Crippen LogP contribution in [-0.2, 0) is 11.3 Å². The average molecular weight is 433 g/mol. The molecule has 1 aliphatic rings. The summed E-state index contributed by atoms with van der Waals surface area (Å²) in [6.45, 7) is 0.831. The molecule has 1 amide bonds. The van der Waals surface area contributed by atoms with Gasteiger partial charge in [0, 0.05) is 36.0 Å². The van der Waals surface area contributed by atoms with Gasteiger partial charge in [-0.1, -0.05) is 48.5 Å². The molecule has 0 aliphatic heterocycles. The number of carbonyl (C=O) groups excluding carboxylic acids is 1. The molecule has 0 spiro atoms. The Bertz CT molecular complexity index is 756. The van der Waals surface area contributed by atoms with Crippen LogP contribution in [0.2, 0.25) is 0 Å². The summed E-state index contributed by atoms with van der Waals surface area (Å²) >= 11 is 12.6. The molecule has 0 bridgehead atoms. The van der Waals surface area contributed by atoms with E-state index in [0.717, 1.165) is 37.9 Å². The number of benzene rings is 2. The summed E-state index contributed by atoms with van der Waals surface area (Å²) in [6, 6.07) is 20.7.